The van der Waals surface area contributed by atoms with E-state index in [4.69, 9.17) is 16.3 Å². The summed E-state index contributed by atoms with van der Waals surface area (Å²) in [5, 5.41) is 16.2. The molecular weight excluding hydrogens is 485 g/mol. The molecule has 3 aromatic carbocycles. The first kappa shape index (κ1) is 25.1. The summed E-state index contributed by atoms with van der Waals surface area (Å²) in [5.74, 6) is 0.764. The van der Waals surface area contributed by atoms with Crippen molar-refractivity contribution in [3.63, 3.8) is 0 Å². The number of para-hydroxylation sites is 1. The first-order valence-electron chi connectivity index (χ1n) is 10.1. The van der Waals surface area contributed by atoms with Crippen LogP contribution in [-0.2, 0) is 10.0 Å². The molecule has 7 nitrogen and oxygen atoms in total. The van der Waals surface area contributed by atoms with Crippen LogP contribution in [0.15, 0.2) is 60.7 Å². The normalized spacial score (nSPS) is 12.5. The van der Waals surface area contributed by atoms with Crippen LogP contribution in [0.1, 0.15) is 11.7 Å². The van der Waals surface area contributed by atoms with Crippen molar-refractivity contribution in [3.8, 4) is 5.75 Å². The van der Waals surface area contributed by atoms with Gasteiger partial charge in [0.2, 0.25) is 10.0 Å². The zero-order valence-electron chi connectivity index (χ0n) is 17.8. The van der Waals surface area contributed by atoms with Crippen molar-refractivity contribution in [2.75, 3.05) is 30.7 Å². The van der Waals surface area contributed by atoms with Crippen LogP contribution in [-0.4, -0.2) is 44.5 Å². The van der Waals surface area contributed by atoms with Gasteiger partial charge in [-0.25, -0.2) is 8.42 Å². The number of anilines is 1. The van der Waals surface area contributed by atoms with E-state index in [1.54, 1.807) is 12.1 Å². The van der Waals surface area contributed by atoms with Crippen LogP contribution in [0.5, 0.6) is 5.75 Å². The minimum absolute atomic E-state index is 0. The number of hydrogen-bond donors (Lipinski definition) is 4. The lowest BCUT2D eigenvalue weighted by Crippen LogP contribution is -2.26. The number of ether oxygens (including phenoxy) is 1. The van der Waals surface area contributed by atoms with Gasteiger partial charge in [0, 0.05) is 35.4 Å². The number of nitrogens with one attached hydrogen (secondary N) is 3. The standard InChI is InChI=1S/C23H24ClN3O4S.ClH/c1-32(29,30)27-22-12-15(6-9-19(22)24)23(28)14-25-10-11-31-16-7-8-18-17-4-2-3-5-20(17)26-21(18)13-16;/h2-9,12-13,23,25-28H,10-11,14H2,1H3;1H. The molecule has 0 amide bonds. The van der Waals surface area contributed by atoms with E-state index in [-0.39, 0.29) is 29.7 Å². The molecule has 1 unspecified atom stereocenters. The number of H-pyrrole nitrogens is 1. The largest absolute Gasteiger partial charge is 0.492 e. The van der Waals surface area contributed by atoms with Crippen LogP contribution in [0.25, 0.3) is 21.8 Å². The third-order valence-electron chi connectivity index (χ3n) is 5.03. The minimum atomic E-state index is -3.46. The van der Waals surface area contributed by atoms with Crippen LogP contribution in [0.4, 0.5) is 5.69 Å². The van der Waals surface area contributed by atoms with Crippen LogP contribution < -0.4 is 14.8 Å². The quantitative estimate of drug-likeness (QED) is 0.249. The van der Waals surface area contributed by atoms with Gasteiger partial charge in [0.05, 0.1) is 28.6 Å². The maximum atomic E-state index is 11.5. The van der Waals surface area contributed by atoms with Crippen molar-refractivity contribution in [2.24, 2.45) is 0 Å². The predicted molar refractivity (Wildman–Crippen MR) is 136 cm³/mol. The lowest BCUT2D eigenvalue weighted by atomic mass is 10.1. The molecule has 0 saturated carbocycles. The summed E-state index contributed by atoms with van der Waals surface area (Å²) in [6.45, 7) is 1.24. The topological polar surface area (TPSA) is 103 Å². The maximum absolute atomic E-state index is 11.5. The van der Waals surface area contributed by atoms with Gasteiger partial charge in [-0.2, -0.15) is 0 Å². The van der Waals surface area contributed by atoms with Crippen molar-refractivity contribution in [3.05, 3.63) is 71.2 Å². The second-order valence-corrected chi connectivity index (χ2v) is 9.72. The van der Waals surface area contributed by atoms with E-state index in [1.165, 1.54) is 11.5 Å². The Labute approximate surface area is 203 Å². The van der Waals surface area contributed by atoms with Crippen molar-refractivity contribution in [1.82, 2.24) is 10.3 Å². The zero-order valence-corrected chi connectivity index (χ0v) is 20.2. The second-order valence-electron chi connectivity index (χ2n) is 7.56. The summed E-state index contributed by atoms with van der Waals surface area (Å²) in [6.07, 6.45) is 0.222. The van der Waals surface area contributed by atoms with E-state index in [1.807, 2.05) is 36.4 Å². The highest BCUT2D eigenvalue weighted by Crippen LogP contribution is 2.28. The van der Waals surface area contributed by atoms with E-state index in [0.717, 1.165) is 28.4 Å². The smallest absolute Gasteiger partial charge is 0.229 e. The summed E-state index contributed by atoms with van der Waals surface area (Å²) in [7, 11) is -3.46. The highest BCUT2D eigenvalue weighted by atomic mass is 35.5. The number of aromatic amines is 1. The molecule has 4 aromatic rings. The molecule has 4 N–H and O–H groups in total. The fraction of sp³-hybridized carbons (Fsp3) is 0.217. The molecule has 0 fully saturated rings. The average Bonchev–Trinajstić information content (AvgIpc) is 3.11. The first-order valence-corrected chi connectivity index (χ1v) is 12.4. The number of rotatable bonds is 9. The first-order chi connectivity index (χ1) is 15.3. The molecule has 10 heteroatoms. The Hall–Kier alpha value is -2.49. The number of benzene rings is 3. The van der Waals surface area contributed by atoms with Gasteiger partial charge >= 0.3 is 0 Å². The van der Waals surface area contributed by atoms with Crippen molar-refractivity contribution >= 4 is 61.5 Å². The Bertz CT molecular complexity index is 1360. The number of halogens is 2. The Morgan fingerprint density at radius 1 is 1.06 bits per heavy atom. The van der Waals surface area contributed by atoms with Gasteiger partial charge in [-0.3, -0.25) is 4.72 Å². The lowest BCUT2D eigenvalue weighted by Gasteiger charge is -2.15. The molecule has 33 heavy (non-hydrogen) atoms. The van der Waals surface area contributed by atoms with E-state index in [9.17, 15) is 13.5 Å². The summed E-state index contributed by atoms with van der Waals surface area (Å²) >= 11 is 6.03. The molecule has 0 aliphatic carbocycles. The summed E-state index contributed by atoms with van der Waals surface area (Å²) in [6, 6.07) is 18.9. The van der Waals surface area contributed by atoms with E-state index in [2.05, 4.69) is 21.1 Å². The van der Waals surface area contributed by atoms with Gasteiger partial charge < -0.3 is 20.1 Å². The molecule has 0 aliphatic rings. The number of aromatic nitrogens is 1. The van der Waals surface area contributed by atoms with Crippen LogP contribution >= 0.6 is 24.0 Å². The Balaban J connectivity index is 0.00000306. The fourth-order valence-corrected chi connectivity index (χ4v) is 4.34. The van der Waals surface area contributed by atoms with Gasteiger partial charge in [-0.1, -0.05) is 35.9 Å². The molecule has 176 valence electrons. The third kappa shape index (κ3) is 6.31. The zero-order chi connectivity index (χ0) is 22.7. The molecular formula is C23H25Cl2N3O4S. The number of hydrogen-bond acceptors (Lipinski definition) is 5. The SMILES string of the molecule is CS(=O)(=O)Nc1cc(C(O)CNCCOc2ccc3c(c2)[nH]c2ccccc23)ccc1Cl.Cl. The highest BCUT2D eigenvalue weighted by Gasteiger charge is 2.12. The molecule has 4 rings (SSSR count). The Kier molecular flexibility index (Phi) is 8.10. The number of sulfonamides is 1. The number of fused-ring (bicyclic) bond motifs is 3. The molecule has 1 heterocycles. The van der Waals surface area contributed by atoms with E-state index in [0.29, 0.717) is 18.7 Å². The predicted octanol–water partition coefficient (Wildman–Crippen LogP) is 4.47. The molecule has 0 spiro atoms. The van der Waals surface area contributed by atoms with Gasteiger partial charge in [0.25, 0.3) is 0 Å². The van der Waals surface area contributed by atoms with Crippen molar-refractivity contribution in [2.45, 2.75) is 6.10 Å². The highest BCUT2D eigenvalue weighted by molar-refractivity contribution is 7.92. The summed E-state index contributed by atoms with van der Waals surface area (Å²) in [4.78, 5) is 3.39. The molecule has 1 aromatic heterocycles. The molecule has 0 radical (unpaired) electrons. The van der Waals surface area contributed by atoms with Crippen LogP contribution in [0.3, 0.4) is 0 Å². The van der Waals surface area contributed by atoms with Crippen LogP contribution in [0, 0.1) is 0 Å². The molecule has 0 aliphatic heterocycles. The van der Waals surface area contributed by atoms with E-state index < -0.39 is 16.1 Å². The van der Waals surface area contributed by atoms with Gasteiger partial charge in [0.15, 0.2) is 0 Å². The van der Waals surface area contributed by atoms with Gasteiger partial charge in [-0.05, 0) is 35.9 Å². The van der Waals surface area contributed by atoms with Crippen molar-refractivity contribution in [1.29, 1.82) is 0 Å². The summed E-state index contributed by atoms with van der Waals surface area (Å²) < 4.78 is 31.1. The van der Waals surface area contributed by atoms with E-state index >= 15 is 0 Å². The Morgan fingerprint density at radius 2 is 1.82 bits per heavy atom. The fourth-order valence-electron chi connectivity index (χ4n) is 3.55. The van der Waals surface area contributed by atoms with Crippen LogP contribution in [0.2, 0.25) is 5.02 Å². The van der Waals surface area contributed by atoms with Gasteiger partial charge in [0.1, 0.15) is 12.4 Å². The summed E-state index contributed by atoms with van der Waals surface area (Å²) in [5.41, 5.74) is 2.90. The monoisotopic (exact) mass is 509 g/mol. The Morgan fingerprint density at radius 3 is 2.61 bits per heavy atom. The third-order valence-corrected chi connectivity index (χ3v) is 5.95. The lowest BCUT2D eigenvalue weighted by molar-refractivity contribution is 0.172. The molecule has 0 bridgehead atoms. The number of aliphatic hydroxyl groups excluding tert-OH is 1. The molecule has 0 saturated heterocycles. The average molecular weight is 510 g/mol. The maximum Gasteiger partial charge on any atom is 0.229 e. The van der Waals surface area contributed by atoms with Crippen molar-refractivity contribution < 1.29 is 18.3 Å². The van der Waals surface area contributed by atoms with Gasteiger partial charge in [-0.15, -0.1) is 12.4 Å². The molecule has 1 atom stereocenters. The number of aliphatic hydroxyl groups is 1. The second kappa shape index (κ2) is 10.6. The minimum Gasteiger partial charge on any atom is -0.492 e.